The molecular weight excluding hydrogens is 392 g/mol. The van der Waals surface area contributed by atoms with Crippen molar-refractivity contribution in [3.05, 3.63) is 70.3 Å². The van der Waals surface area contributed by atoms with Crippen LogP contribution >= 0.6 is 0 Å². The second kappa shape index (κ2) is 9.47. The summed E-state index contributed by atoms with van der Waals surface area (Å²) in [6.07, 6.45) is 2.45. The van der Waals surface area contributed by atoms with E-state index in [1.807, 2.05) is 30.3 Å². The van der Waals surface area contributed by atoms with E-state index in [-0.39, 0.29) is 22.6 Å². The Kier molecular flexibility index (Phi) is 6.51. The Balaban J connectivity index is 1.33. The van der Waals surface area contributed by atoms with Gasteiger partial charge in [-0.05, 0) is 43.4 Å². The van der Waals surface area contributed by atoms with Crippen molar-refractivity contribution < 1.29 is 14.6 Å². The summed E-state index contributed by atoms with van der Waals surface area (Å²) in [5.41, 5.74) is 2.30. The molecule has 2 aromatic rings. The van der Waals surface area contributed by atoms with Gasteiger partial charge in [0.2, 0.25) is 0 Å². The molecule has 0 unspecified atom stereocenters. The molecule has 1 atom stereocenters. The number of anilines is 1. The van der Waals surface area contributed by atoms with Gasteiger partial charge >= 0.3 is 0 Å². The van der Waals surface area contributed by atoms with Gasteiger partial charge in [0.15, 0.2) is 6.54 Å². The molecule has 1 aliphatic carbocycles. The molecule has 0 aromatic heterocycles. The Hall–Kier alpha value is -2.93. The second-order valence-electron chi connectivity index (χ2n) is 8.77. The van der Waals surface area contributed by atoms with Gasteiger partial charge in [-0.15, -0.1) is 0 Å². The van der Waals surface area contributed by atoms with E-state index in [0.717, 1.165) is 31.9 Å². The first-order valence-corrected chi connectivity index (χ1v) is 11.2. The van der Waals surface area contributed by atoms with Crippen LogP contribution in [0.2, 0.25) is 0 Å². The van der Waals surface area contributed by atoms with Gasteiger partial charge in [-0.25, -0.2) is 0 Å². The van der Waals surface area contributed by atoms with Crippen molar-refractivity contribution in [1.29, 1.82) is 0 Å². The molecule has 0 radical (unpaired) electrons. The number of nitrogens with zero attached hydrogens (tertiary/aromatic N) is 3. The molecule has 2 aliphatic rings. The molecule has 1 saturated heterocycles. The van der Waals surface area contributed by atoms with Gasteiger partial charge in [-0.3, -0.25) is 14.9 Å². The first kappa shape index (κ1) is 21.3. The van der Waals surface area contributed by atoms with Gasteiger partial charge < -0.3 is 14.7 Å². The van der Waals surface area contributed by atoms with E-state index in [0.29, 0.717) is 19.0 Å². The zero-order valence-corrected chi connectivity index (χ0v) is 18.1. The number of nitrogens with one attached hydrogen (secondary N) is 1. The maximum Gasteiger partial charge on any atom is 0.278 e. The van der Waals surface area contributed by atoms with Crippen LogP contribution in [0.3, 0.4) is 0 Å². The zero-order valence-electron chi connectivity index (χ0n) is 18.1. The molecule has 7 heteroatoms. The van der Waals surface area contributed by atoms with Gasteiger partial charge in [0.1, 0.15) is 0 Å². The molecule has 1 N–H and O–H groups in total. The SMILES string of the molecule is C[C@@H](C1CC1)N(Cc1ccccc1)C(=O)C[NH+]1CCN(c2ccc([N+](=O)[O-])cc2)CC1. The van der Waals surface area contributed by atoms with Crippen molar-refractivity contribution in [2.24, 2.45) is 5.92 Å². The highest BCUT2D eigenvalue weighted by atomic mass is 16.6. The number of non-ortho nitro benzene ring substituents is 1. The highest BCUT2D eigenvalue weighted by molar-refractivity contribution is 5.77. The monoisotopic (exact) mass is 423 g/mol. The summed E-state index contributed by atoms with van der Waals surface area (Å²) < 4.78 is 0. The van der Waals surface area contributed by atoms with Crippen molar-refractivity contribution >= 4 is 17.3 Å². The molecule has 7 nitrogen and oxygen atoms in total. The number of nitro groups is 1. The molecule has 2 fully saturated rings. The predicted octanol–water partition coefficient (Wildman–Crippen LogP) is 2.13. The number of nitro benzene ring substituents is 1. The average molecular weight is 424 g/mol. The summed E-state index contributed by atoms with van der Waals surface area (Å²) in [5, 5.41) is 10.9. The standard InChI is InChI=1S/C24H30N4O3/c1-19(21-7-8-21)27(17-20-5-3-2-4-6-20)24(29)18-25-13-15-26(16-14-25)22-9-11-23(12-10-22)28(30)31/h2-6,9-12,19,21H,7-8,13-18H2,1H3/p+1/t19-/m0/s1. The van der Waals surface area contributed by atoms with Crippen LogP contribution in [0.25, 0.3) is 0 Å². The van der Waals surface area contributed by atoms with Crippen LogP contribution in [0.1, 0.15) is 25.3 Å². The van der Waals surface area contributed by atoms with Gasteiger partial charge in [0.25, 0.3) is 11.6 Å². The Labute approximate surface area is 183 Å². The van der Waals surface area contributed by atoms with Crippen LogP contribution in [0.5, 0.6) is 0 Å². The summed E-state index contributed by atoms with van der Waals surface area (Å²) in [5.74, 6) is 0.878. The van der Waals surface area contributed by atoms with Crippen LogP contribution in [0, 0.1) is 16.0 Å². The molecular formula is C24H31N4O3+. The topological polar surface area (TPSA) is 71.1 Å². The average Bonchev–Trinajstić information content (AvgIpc) is 3.64. The molecule has 31 heavy (non-hydrogen) atoms. The van der Waals surface area contributed by atoms with Crippen molar-refractivity contribution in [1.82, 2.24) is 4.90 Å². The lowest BCUT2D eigenvalue weighted by atomic mass is 10.1. The number of carbonyl (C=O) groups is 1. The van der Waals surface area contributed by atoms with E-state index in [1.54, 1.807) is 12.1 Å². The number of rotatable bonds is 8. The minimum atomic E-state index is -0.374. The third-order valence-corrected chi connectivity index (χ3v) is 6.61. The van der Waals surface area contributed by atoms with Crippen molar-refractivity contribution in [2.75, 3.05) is 37.6 Å². The van der Waals surface area contributed by atoms with E-state index in [4.69, 9.17) is 0 Å². The largest absolute Gasteiger partial charge is 0.360 e. The van der Waals surface area contributed by atoms with Gasteiger partial charge in [-0.1, -0.05) is 30.3 Å². The van der Waals surface area contributed by atoms with Crippen molar-refractivity contribution in [3.8, 4) is 0 Å². The highest BCUT2D eigenvalue weighted by Crippen LogP contribution is 2.35. The summed E-state index contributed by atoms with van der Waals surface area (Å²) in [6, 6.07) is 17.3. The van der Waals surface area contributed by atoms with Crippen molar-refractivity contribution in [3.63, 3.8) is 0 Å². The van der Waals surface area contributed by atoms with E-state index in [9.17, 15) is 14.9 Å². The maximum atomic E-state index is 13.3. The molecule has 1 heterocycles. The van der Waals surface area contributed by atoms with Crippen LogP contribution in [0.4, 0.5) is 11.4 Å². The Morgan fingerprint density at radius 3 is 2.35 bits per heavy atom. The summed E-state index contributed by atoms with van der Waals surface area (Å²) in [6.45, 7) is 6.87. The number of amides is 1. The number of benzene rings is 2. The van der Waals surface area contributed by atoms with E-state index >= 15 is 0 Å². The fourth-order valence-corrected chi connectivity index (χ4v) is 4.43. The minimum Gasteiger partial charge on any atom is -0.360 e. The fourth-order valence-electron chi connectivity index (χ4n) is 4.43. The van der Waals surface area contributed by atoms with E-state index in [1.165, 1.54) is 23.3 Å². The molecule has 1 aliphatic heterocycles. The van der Waals surface area contributed by atoms with Crippen LogP contribution in [0.15, 0.2) is 54.6 Å². The number of carbonyl (C=O) groups excluding carboxylic acids is 1. The fraction of sp³-hybridized carbons (Fsp3) is 0.458. The number of hydrogen-bond donors (Lipinski definition) is 1. The van der Waals surface area contributed by atoms with Gasteiger partial charge in [-0.2, -0.15) is 0 Å². The zero-order chi connectivity index (χ0) is 21.8. The van der Waals surface area contributed by atoms with E-state index < -0.39 is 0 Å². The Morgan fingerprint density at radius 2 is 1.77 bits per heavy atom. The van der Waals surface area contributed by atoms with E-state index in [2.05, 4.69) is 28.9 Å². The first-order valence-electron chi connectivity index (χ1n) is 11.2. The quantitative estimate of drug-likeness (QED) is 0.522. The Bertz CT molecular complexity index is 891. The summed E-state index contributed by atoms with van der Waals surface area (Å²) >= 11 is 0. The van der Waals surface area contributed by atoms with Gasteiger partial charge in [0.05, 0.1) is 31.1 Å². The molecule has 1 amide bonds. The molecule has 2 aromatic carbocycles. The normalized spacial score (nSPS) is 17.9. The second-order valence-corrected chi connectivity index (χ2v) is 8.77. The van der Waals surface area contributed by atoms with Crippen LogP contribution in [-0.4, -0.2) is 54.5 Å². The summed E-state index contributed by atoms with van der Waals surface area (Å²) in [4.78, 5) is 29.4. The maximum absolute atomic E-state index is 13.3. The highest BCUT2D eigenvalue weighted by Gasteiger charge is 2.35. The Morgan fingerprint density at radius 1 is 1.13 bits per heavy atom. The predicted molar refractivity (Wildman–Crippen MR) is 120 cm³/mol. The van der Waals surface area contributed by atoms with Crippen molar-refractivity contribution in [2.45, 2.75) is 32.4 Å². The van der Waals surface area contributed by atoms with Crippen LogP contribution < -0.4 is 9.80 Å². The molecule has 4 rings (SSSR count). The number of hydrogen-bond acceptors (Lipinski definition) is 4. The molecule has 164 valence electrons. The lowest BCUT2D eigenvalue weighted by molar-refractivity contribution is -0.892. The molecule has 0 bridgehead atoms. The summed E-state index contributed by atoms with van der Waals surface area (Å²) in [7, 11) is 0. The molecule has 1 saturated carbocycles. The smallest absolute Gasteiger partial charge is 0.278 e. The van der Waals surface area contributed by atoms with Gasteiger partial charge in [0, 0.05) is 30.4 Å². The first-order chi connectivity index (χ1) is 15.0. The lowest BCUT2D eigenvalue weighted by Gasteiger charge is -2.35. The van der Waals surface area contributed by atoms with Crippen LogP contribution in [-0.2, 0) is 11.3 Å². The molecule has 0 spiro atoms. The number of quaternary nitrogens is 1. The number of piperazine rings is 1. The third kappa shape index (κ3) is 5.41. The minimum absolute atomic E-state index is 0.113. The third-order valence-electron chi connectivity index (χ3n) is 6.61. The lowest BCUT2D eigenvalue weighted by Crippen LogP contribution is -3.16.